The van der Waals surface area contributed by atoms with Gasteiger partial charge in [-0.3, -0.25) is 0 Å². The molecular weight excluding hydrogens is 156 g/mol. The quantitative estimate of drug-likeness (QED) is 0.553. The van der Waals surface area contributed by atoms with Crippen LogP contribution < -0.4 is 0 Å². The zero-order chi connectivity index (χ0) is 11.6. The van der Waals surface area contributed by atoms with Crippen molar-refractivity contribution in [1.82, 2.24) is 0 Å². The van der Waals surface area contributed by atoms with Crippen LogP contribution in [-0.4, -0.2) is 16.4 Å². The van der Waals surface area contributed by atoms with Crippen LogP contribution in [0.1, 0.15) is 0 Å². The van der Waals surface area contributed by atoms with Gasteiger partial charge in [0.15, 0.2) is 0 Å². The molecule has 0 spiro atoms. The Morgan fingerprint density at radius 2 is 0.667 bits per heavy atom. The Kier molecular flexibility index (Phi) is 1100. The second-order valence-corrected chi connectivity index (χ2v) is 0.283. The highest BCUT2D eigenvalue weighted by Crippen LogP contribution is 1.42. The number of hydrogen-bond donors (Lipinski definition) is 2. The highest BCUT2D eigenvalue weighted by molar-refractivity contribution is 5.53. The van der Waals surface area contributed by atoms with Crippen molar-refractivity contribution in [3.8, 4) is 0 Å². The van der Waals surface area contributed by atoms with Gasteiger partial charge in [-0.05, 0) is 0 Å². The molecule has 0 aromatic rings. The zero-order valence-electron chi connectivity index (χ0n) is 7.46. The van der Waals surface area contributed by atoms with Crippen LogP contribution in [0.4, 0.5) is 4.79 Å². The summed E-state index contributed by atoms with van der Waals surface area (Å²) in [7, 11) is 0. The van der Waals surface area contributed by atoms with E-state index < -0.39 is 6.16 Å². The number of carbonyl (C=O) groups is 1. The summed E-state index contributed by atoms with van der Waals surface area (Å²) in [6.07, 6.45) is -1.83. The van der Waals surface area contributed by atoms with Crippen LogP contribution in [0.2, 0.25) is 0 Å². The van der Waals surface area contributed by atoms with Gasteiger partial charge in [-0.1, -0.05) is 0 Å². The lowest BCUT2D eigenvalue weighted by atomic mass is 11.3. The van der Waals surface area contributed by atoms with Crippen molar-refractivity contribution in [3.63, 3.8) is 0 Å². The lowest BCUT2D eigenvalue weighted by molar-refractivity contribution is 0.137. The average Bonchev–Trinajstić information content (AvgIpc) is 2.16. The molecule has 72 valence electrons. The third-order valence-electron chi connectivity index (χ3n) is 0. The van der Waals surface area contributed by atoms with Crippen LogP contribution in [-0.2, 0) is 0 Å². The summed E-state index contributed by atoms with van der Waals surface area (Å²) in [5, 5.41) is 13.9. The van der Waals surface area contributed by atoms with Crippen molar-refractivity contribution < 1.29 is 15.0 Å². The van der Waals surface area contributed by atoms with Gasteiger partial charge in [0.2, 0.25) is 0 Å². The molecule has 3 heteroatoms. The van der Waals surface area contributed by atoms with Crippen molar-refractivity contribution in [2.24, 2.45) is 0 Å². The van der Waals surface area contributed by atoms with Gasteiger partial charge in [-0.15, -0.1) is 52.6 Å². The van der Waals surface area contributed by atoms with Gasteiger partial charge >= 0.3 is 6.16 Å². The molecule has 0 atom stereocenters. The molecule has 0 bridgehead atoms. The van der Waals surface area contributed by atoms with Crippen LogP contribution in [0.3, 0.4) is 0 Å². The van der Waals surface area contributed by atoms with E-state index in [1.807, 2.05) is 0 Å². The third-order valence-corrected chi connectivity index (χ3v) is 0. The Bertz CT molecular complexity index is 60.2. The third kappa shape index (κ3) is 137. The molecule has 0 heterocycles. The minimum atomic E-state index is -1.83. The van der Waals surface area contributed by atoms with Crippen LogP contribution in [0.25, 0.3) is 0 Å². The van der Waals surface area contributed by atoms with E-state index >= 15 is 0 Å². The van der Waals surface area contributed by atoms with Crippen molar-refractivity contribution in [2.75, 3.05) is 0 Å². The largest absolute Gasteiger partial charge is 0.503 e. The maximum absolute atomic E-state index is 8.56. The molecule has 0 aliphatic carbocycles. The molecule has 0 fully saturated rings. The van der Waals surface area contributed by atoms with Crippen LogP contribution in [0, 0.1) is 0 Å². The number of carboxylic acid groups (broad SMARTS) is 2. The highest BCUT2D eigenvalue weighted by Gasteiger charge is 1.70. The molecule has 3 nitrogen and oxygen atoms in total. The van der Waals surface area contributed by atoms with Gasteiger partial charge in [-0.2, -0.15) is 0 Å². The van der Waals surface area contributed by atoms with Crippen LogP contribution in [0.5, 0.6) is 0 Å². The molecule has 0 aliphatic heterocycles. The molecule has 0 aromatic heterocycles. The molecule has 0 rings (SSSR count). The minimum Gasteiger partial charge on any atom is -0.450 e. The SMILES string of the molecule is C=C.C=C.C=C.C=C.O=C(O)O. The monoisotopic (exact) mass is 174 g/mol. The van der Waals surface area contributed by atoms with E-state index in [9.17, 15) is 0 Å². The highest BCUT2D eigenvalue weighted by atomic mass is 16.6. The maximum Gasteiger partial charge on any atom is 0.503 e. The molecule has 0 aromatic carbocycles. The fourth-order valence-corrected chi connectivity index (χ4v) is 0. The first-order valence-corrected chi connectivity index (χ1v) is 2.65. The fourth-order valence-electron chi connectivity index (χ4n) is 0. The van der Waals surface area contributed by atoms with Crippen molar-refractivity contribution in [3.05, 3.63) is 52.6 Å². The molecule has 2 N–H and O–H groups in total. The van der Waals surface area contributed by atoms with E-state index in [4.69, 9.17) is 15.0 Å². The Hall–Kier alpha value is -1.77. The number of rotatable bonds is 0. The summed E-state index contributed by atoms with van der Waals surface area (Å²) in [6, 6.07) is 0. The summed E-state index contributed by atoms with van der Waals surface area (Å²) < 4.78 is 0. The van der Waals surface area contributed by atoms with E-state index in [1.54, 1.807) is 0 Å². The first-order chi connectivity index (χ1) is 5.73. The lowest BCUT2D eigenvalue weighted by Gasteiger charge is -1.60. The molecule has 0 radical (unpaired) electrons. The van der Waals surface area contributed by atoms with Crippen molar-refractivity contribution >= 4 is 6.16 Å². The van der Waals surface area contributed by atoms with E-state index in [1.165, 1.54) is 0 Å². The lowest BCUT2D eigenvalue weighted by Crippen LogP contribution is -1.81. The zero-order valence-corrected chi connectivity index (χ0v) is 7.46. The summed E-state index contributed by atoms with van der Waals surface area (Å²) in [4.78, 5) is 8.56. The van der Waals surface area contributed by atoms with Gasteiger partial charge in [0.25, 0.3) is 0 Å². The second kappa shape index (κ2) is 413. The molecule has 0 saturated heterocycles. The molecule has 0 unspecified atom stereocenters. The summed E-state index contributed by atoms with van der Waals surface area (Å²) >= 11 is 0. The fraction of sp³-hybridized carbons (Fsp3) is 0. The Balaban J connectivity index is -0.0000000181. The molecule has 0 aliphatic rings. The predicted octanol–water partition coefficient (Wildman–Crippen LogP) is 3.43. The van der Waals surface area contributed by atoms with Gasteiger partial charge in [0.05, 0.1) is 0 Å². The minimum absolute atomic E-state index is 1.83. The van der Waals surface area contributed by atoms with Gasteiger partial charge < -0.3 is 10.2 Å². The average molecular weight is 174 g/mol. The van der Waals surface area contributed by atoms with E-state index in [-0.39, 0.29) is 0 Å². The first-order valence-electron chi connectivity index (χ1n) is 2.65. The van der Waals surface area contributed by atoms with Gasteiger partial charge in [0, 0.05) is 0 Å². The summed E-state index contributed by atoms with van der Waals surface area (Å²) in [5.74, 6) is 0. The van der Waals surface area contributed by atoms with Crippen LogP contribution >= 0.6 is 0 Å². The van der Waals surface area contributed by atoms with Gasteiger partial charge in [-0.25, -0.2) is 4.79 Å². The van der Waals surface area contributed by atoms with Crippen LogP contribution in [0.15, 0.2) is 52.6 Å². The van der Waals surface area contributed by atoms with Gasteiger partial charge in [0.1, 0.15) is 0 Å². The van der Waals surface area contributed by atoms with Crippen molar-refractivity contribution in [1.29, 1.82) is 0 Å². The Labute approximate surface area is 74.7 Å². The molecule has 0 saturated carbocycles. The Morgan fingerprint density at radius 1 is 0.667 bits per heavy atom. The first kappa shape index (κ1) is 31.9. The van der Waals surface area contributed by atoms with E-state index in [2.05, 4.69) is 52.6 Å². The topological polar surface area (TPSA) is 57.5 Å². The normalized spacial score (nSPS) is 3.33. The van der Waals surface area contributed by atoms with E-state index in [0.29, 0.717) is 0 Å². The number of hydrogen-bond acceptors (Lipinski definition) is 1. The molecule has 12 heavy (non-hydrogen) atoms. The Morgan fingerprint density at radius 3 is 0.667 bits per heavy atom. The molecule has 0 amide bonds. The smallest absolute Gasteiger partial charge is 0.450 e. The standard InChI is InChI=1S/4C2H4.CH2O3/c4*1-2;2-1(3)4/h4*1-2H2;(H2,2,3,4). The van der Waals surface area contributed by atoms with E-state index in [0.717, 1.165) is 0 Å². The van der Waals surface area contributed by atoms with Crippen molar-refractivity contribution in [2.45, 2.75) is 0 Å². The second-order valence-electron chi connectivity index (χ2n) is 0.283. The maximum atomic E-state index is 8.56. The predicted molar refractivity (Wildman–Crippen MR) is 55.7 cm³/mol. The summed E-state index contributed by atoms with van der Waals surface area (Å²) in [6.45, 7) is 24.0. The molecular formula is C9H18O3. The summed E-state index contributed by atoms with van der Waals surface area (Å²) in [5.41, 5.74) is 0.